The van der Waals surface area contributed by atoms with Crippen molar-refractivity contribution in [3.05, 3.63) is 40.3 Å². The Hall–Kier alpha value is -1.93. The number of thioether (sulfide) groups is 1. The Morgan fingerprint density at radius 3 is 2.50 bits per heavy atom. The van der Waals surface area contributed by atoms with Crippen LogP contribution in [0.15, 0.2) is 29.3 Å². The molecule has 0 spiro atoms. The van der Waals surface area contributed by atoms with Gasteiger partial charge in [-0.3, -0.25) is 9.79 Å². The summed E-state index contributed by atoms with van der Waals surface area (Å²) in [5.41, 5.74) is 5.82. The summed E-state index contributed by atoms with van der Waals surface area (Å²) in [6.07, 6.45) is -0.572. The first-order valence-electron chi connectivity index (χ1n) is 11.5. The molecule has 1 N–H and O–H groups in total. The van der Waals surface area contributed by atoms with Gasteiger partial charge in [0, 0.05) is 23.8 Å². The number of aliphatic imine (C=N–C) groups is 1. The summed E-state index contributed by atoms with van der Waals surface area (Å²) in [4.78, 5) is 33.8. The molecule has 4 rings (SSSR count). The lowest BCUT2D eigenvalue weighted by Crippen LogP contribution is -2.50. The van der Waals surface area contributed by atoms with Gasteiger partial charge in [-0.25, -0.2) is 0 Å². The Bertz CT molecular complexity index is 926. The number of hydrogen-bond donors (Lipinski definition) is 1. The smallest absolute Gasteiger partial charge is 0.308 e. The molecular formula is C24H35N4O3S+. The maximum atomic E-state index is 12.8. The van der Waals surface area contributed by atoms with E-state index in [4.69, 9.17) is 9.73 Å². The second-order valence-electron chi connectivity index (χ2n) is 10.3. The Labute approximate surface area is 194 Å². The molecule has 7 atom stereocenters. The summed E-state index contributed by atoms with van der Waals surface area (Å²) in [5.74, 6) is 0.257. The zero-order chi connectivity index (χ0) is 23.4. The number of carbonyl (C=O) groups is 1. The molecule has 0 aliphatic carbocycles. The standard InChI is InChI=1S/C24H35N4O3S/c1-13-8-10-17(11-9-13)21-20-14(2)15(3)32-23(20)27-16(4)28(30)26-22(27)18(25-21)12-19(29)31-24(5,6)7/h8-11,14-16,18,20,22-23H,12H2,1-7H3,(H,26,30)/q+1/t14?,15?,16?,18-,20?,22?,23?/m0/s1. The average Bonchev–Trinajstić information content (AvgIpc) is 3.09. The Balaban J connectivity index is 1.80. The van der Waals surface area contributed by atoms with Crippen molar-refractivity contribution in [2.75, 3.05) is 0 Å². The number of benzene rings is 1. The minimum absolute atomic E-state index is 0.107. The lowest BCUT2D eigenvalue weighted by Gasteiger charge is -2.30. The number of rotatable bonds is 3. The Morgan fingerprint density at radius 2 is 1.88 bits per heavy atom. The quantitative estimate of drug-likeness (QED) is 0.546. The molecule has 3 aliphatic heterocycles. The highest BCUT2D eigenvalue weighted by molar-refractivity contribution is 8.00. The minimum Gasteiger partial charge on any atom is -0.460 e. The number of esters is 1. The van der Waals surface area contributed by atoms with Gasteiger partial charge in [-0.1, -0.05) is 43.7 Å². The van der Waals surface area contributed by atoms with Crippen molar-refractivity contribution < 1.29 is 14.4 Å². The van der Waals surface area contributed by atoms with Crippen LogP contribution < -0.4 is 5.43 Å². The highest BCUT2D eigenvalue weighted by Gasteiger charge is 2.59. The summed E-state index contributed by atoms with van der Waals surface area (Å²) in [5, 5.41) is 0.548. The van der Waals surface area contributed by atoms with Gasteiger partial charge >= 0.3 is 5.97 Å². The molecule has 1 aromatic rings. The van der Waals surface area contributed by atoms with E-state index < -0.39 is 11.6 Å². The van der Waals surface area contributed by atoms with E-state index in [-0.39, 0.29) is 36.0 Å². The van der Waals surface area contributed by atoms with Crippen molar-refractivity contribution in [3.8, 4) is 0 Å². The molecule has 3 heterocycles. The molecular weight excluding hydrogens is 424 g/mol. The number of nitrogens with one attached hydrogen (secondary N) is 1. The Morgan fingerprint density at radius 1 is 1.22 bits per heavy atom. The maximum Gasteiger partial charge on any atom is 0.308 e. The third-order valence-corrected chi connectivity index (χ3v) is 8.42. The van der Waals surface area contributed by atoms with E-state index in [0.717, 1.165) is 16.1 Å². The van der Waals surface area contributed by atoms with Gasteiger partial charge in [-0.15, -0.1) is 17.2 Å². The zero-order valence-corrected chi connectivity index (χ0v) is 20.8. The molecule has 2 fully saturated rings. The minimum atomic E-state index is -0.567. The van der Waals surface area contributed by atoms with E-state index >= 15 is 0 Å². The fourth-order valence-corrected chi connectivity index (χ4v) is 6.82. The van der Waals surface area contributed by atoms with Crippen LogP contribution in [0.3, 0.4) is 0 Å². The number of nitrogens with zero attached hydrogens (tertiary/aromatic N) is 3. The van der Waals surface area contributed by atoms with Gasteiger partial charge in [-0.05, 0) is 39.2 Å². The largest absolute Gasteiger partial charge is 0.460 e. The molecule has 2 saturated heterocycles. The van der Waals surface area contributed by atoms with E-state index in [9.17, 15) is 9.70 Å². The van der Waals surface area contributed by atoms with Gasteiger partial charge in [0.2, 0.25) is 0 Å². The molecule has 0 bridgehead atoms. The van der Waals surface area contributed by atoms with Crippen molar-refractivity contribution in [1.29, 1.82) is 0 Å². The molecule has 1 aromatic carbocycles. The maximum absolute atomic E-state index is 12.8. The van der Waals surface area contributed by atoms with Gasteiger partial charge in [0.1, 0.15) is 16.5 Å². The van der Waals surface area contributed by atoms with E-state index in [1.165, 1.54) is 5.56 Å². The van der Waals surface area contributed by atoms with Crippen LogP contribution >= 0.6 is 11.8 Å². The number of aryl methyl sites for hydroxylation is 1. The van der Waals surface area contributed by atoms with E-state index in [1.807, 2.05) is 39.5 Å². The molecule has 7 nitrogen and oxygen atoms in total. The number of fused-ring (bicyclic) bond motifs is 3. The topological polar surface area (TPSA) is 74.0 Å². The number of carbonyl (C=O) groups excluding carboxylic acids is 1. The second kappa shape index (κ2) is 8.45. The first kappa shape index (κ1) is 23.2. The molecule has 3 aliphatic rings. The van der Waals surface area contributed by atoms with Crippen molar-refractivity contribution in [2.45, 2.75) is 89.5 Å². The van der Waals surface area contributed by atoms with E-state index in [1.54, 1.807) is 0 Å². The number of ether oxygens (including phenoxy) is 1. The monoisotopic (exact) mass is 459 g/mol. The van der Waals surface area contributed by atoms with Crippen LogP contribution in [0.1, 0.15) is 59.1 Å². The highest BCUT2D eigenvalue weighted by atomic mass is 32.2. The van der Waals surface area contributed by atoms with Crippen LogP contribution in [0, 0.1) is 23.7 Å². The summed E-state index contributed by atoms with van der Waals surface area (Å²) in [7, 11) is 0. The summed E-state index contributed by atoms with van der Waals surface area (Å²) >= 11 is 1.91. The second-order valence-corrected chi connectivity index (χ2v) is 11.8. The van der Waals surface area contributed by atoms with Crippen molar-refractivity contribution in [3.63, 3.8) is 0 Å². The lowest BCUT2D eigenvalue weighted by atomic mass is 9.84. The number of hydrogen-bond acceptors (Lipinski definition) is 6. The molecule has 174 valence electrons. The predicted molar refractivity (Wildman–Crippen MR) is 127 cm³/mol. The van der Waals surface area contributed by atoms with Crippen molar-refractivity contribution in [1.82, 2.24) is 10.3 Å². The van der Waals surface area contributed by atoms with Crippen LogP contribution in [0.2, 0.25) is 0 Å². The van der Waals surface area contributed by atoms with Crippen LogP contribution in [-0.2, 0) is 9.53 Å². The molecule has 0 saturated carbocycles. The molecule has 32 heavy (non-hydrogen) atoms. The van der Waals surface area contributed by atoms with Gasteiger partial charge < -0.3 is 4.74 Å². The van der Waals surface area contributed by atoms with Crippen molar-refractivity contribution in [2.24, 2.45) is 16.8 Å². The van der Waals surface area contributed by atoms with Crippen molar-refractivity contribution >= 4 is 23.4 Å². The average molecular weight is 460 g/mol. The molecule has 6 unspecified atom stereocenters. The molecule has 0 amide bonds. The third-order valence-electron chi connectivity index (χ3n) is 6.74. The van der Waals surface area contributed by atoms with Gasteiger partial charge in [0.15, 0.2) is 6.17 Å². The summed E-state index contributed by atoms with van der Waals surface area (Å²) in [6, 6.07) is 8.06. The first-order chi connectivity index (χ1) is 15.0. The first-order valence-corrected chi connectivity index (χ1v) is 12.4. The highest BCUT2D eigenvalue weighted by Crippen LogP contribution is 2.49. The summed E-state index contributed by atoms with van der Waals surface area (Å²) < 4.78 is 5.62. The SMILES string of the molecule is Cc1ccc(C2=N[C@@H](CC(=O)OC(C)(C)C)C3N[N+](=O)C(C)N3C3SC(C)C(C)C23)cc1. The normalized spacial score (nSPS) is 34.9. The van der Waals surface area contributed by atoms with Crippen LogP contribution in [0.5, 0.6) is 0 Å². The van der Waals surface area contributed by atoms with Gasteiger partial charge in [0.05, 0.1) is 16.7 Å². The third kappa shape index (κ3) is 4.31. The lowest BCUT2D eigenvalue weighted by molar-refractivity contribution is -0.626. The number of hydrazine groups is 1. The van der Waals surface area contributed by atoms with Gasteiger partial charge in [0.25, 0.3) is 6.17 Å². The van der Waals surface area contributed by atoms with Crippen LogP contribution in [-0.4, -0.2) is 56.0 Å². The fraction of sp³-hybridized carbons (Fsp3) is 0.667. The summed E-state index contributed by atoms with van der Waals surface area (Å²) in [6.45, 7) is 14.1. The molecule has 8 heteroatoms. The Kier molecular flexibility index (Phi) is 6.13. The predicted octanol–water partition coefficient (Wildman–Crippen LogP) is 3.88. The van der Waals surface area contributed by atoms with Crippen LogP contribution in [0.25, 0.3) is 0 Å². The fourth-order valence-electron chi connectivity index (χ4n) is 4.97. The van der Waals surface area contributed by atoms with Crippen LogP contribution in [0.4, 0.5) is 0 Å². The molecule has 0 radical (unpaired) electrons. The zero-order valence-electron chi connectivity index (χ0n) is 20.0. The van der Waals surface area contributed by atoms with E-state index in [2.05, 4.69) is 55.4 Å². The van der Waals surface area contributed by atoms with Gasteiger partial charge in [-0.2, -0.15) is 4.90 Å². The number of nitroso groups, excluding NO2 is 1. The molecule has 0 aromatic heterocycles. The van der Waals surface area contributed by atoms with E-state index in [0.29, 0.717) is 11.2 Å².